The SMILES string of the molecule is CCCNC(=S)NCc1ccccc1OC. The summed E-state index contributed by atoms with van der Waals surface area (Å²) in [4.78, 5) is 0. The highest BCUT2D eigenvalue weighted by atomic mass is 32.1. The minimum Gasteiger partial charge on any atom is -0.496 e. The molecule has 0 bridgehead atoms. The average Bonchev–Trinajstić information content (AvgIpc) is 2.34. The summed E-state index contributed by atoms with van der Waals surface area (Å²) < 4.78 is 5.26. The fraction of sp³-hybridized carbons (Fsp3) is 0.417. The van der Waals surface area contributed by atoms with Crippen LogP contribution in [0.3, 0.4) is 0 Å². The summed E-state index contributed by atoms with van der Waals surface area (Å²) in [7, 11) is 1.67. The largest absolute Gasteiger partial charge is 0.496 e. The van der Waals surface area contributed by atoms with Crippen LogP contribution in [0.15, 0.2) is 24.3 Å². The Morgan fingerprint density at radius 2 is 2.06 bits per heavy atom. The molecule has 16 heavy (non-hydrogen) atoms. The van der Waals surface area contributed by atoms with Gasteiger partial charge in [-0.1, -0.05) is 25.1 Å². The van der Waals surface area contributed by atoms with E-state index in [9.17, 15) is 0 Å². The topological polar surface area (TPSA) is 33.3 Å². The molecule has 0 aliphatic carbocycles. The van der Waals surface area contributed by atoms with Gasteiger partial charge in [-0.05, 0) is 24.7 Å². The molecular weight excluding hydrogens is 220 g/mol. The molecule has 0 aromatic heterocycles. The van der Waals surface area contributed by atoms with Crippen LogP contribution in [0, 0.1) is 0 Å². The monoisotopic (exact) mass is 238 g/mol. The number of benzene rings is 1. The number of ether oxygens (including phenoxy) is 1. The van der Waals surface area contributed by atoms with Crippen LogP contribution in [-0.4, -0.2) is 18.8 Å². The van der Waals surface area contributed by atoms with Gasteiger partial charge in [0.25, 0.3) is 0 Å². The Balaban J connectivity index is 2.44. The minimum absolute atomic E-state index is 0.680. The molecule has 0 saturated heterocycles. The maximum atomic E-state index is 5.26. The van der Waals surface area contributed by atoms with E-state index in [4.69, 9.17) is 17.0 Å². The molecule has 0 amide bonds. The molecule has 0 spiro atoms. The Labute approximate surface area is 102 Å². The molecule has 0 fully saturated rings. The molecule has 0 heterocycles. The lowest BCUT2D eigenvalue weighted by Crippen LogP contribution is -2.35. The van der Waals surface area contributed by atoms with Crippen molar-refractivity contribution in [3.8, 4) is 5.75 Å². The van der Waals surface area contributed by atoms with Crippen molar-refractivity contribution in [2.75, 3.05) is 13.7 Å². The summed E-state index contributed by atoms with van der Waals surface area (Å²) in [5, 5.41) is 6.96. The Bertz CT molecular complexity index is 342. The van der Waals surface area contributed by atoms with Crippen molar-refractivity contribution in [3.05, 3.63) is 29.8 Å². The second-order valence-corrected chi connectivity index (χ2v) is 3.83. The van der Waals surface area contributed by atoms with E-state index in [1.54, 1.807) is 7.11 Å². The van der Waals surface area contributed by atoms with Gasteiger partial charge in [0.1, 0.15) is 5.75 Å². The first-order valence-corrected chi connectivity index (χ1v) is 5.82. The molecule has 0 saturated carbocycles. The Hall–Kier alpha value is -1.29. The second kappa shape index (κ2) is 7.06. The maximum Gasteiger partial charge on any atom is 0.166 e. The van der Waals surface area contributed by atoms with Gasteiger partial charge in [-0.25, -0.2) is 0 Å². The van der Waals surface area contributed by atoms with Gasteiger partial charge in [0, 0.05) is 18.7 Å². The molecule has 1 aromatic rings. The first kappa shape index (κ1) is 12.8. The highest BCUT2D eigenvalue weighted by Gasteiger charge is 2.01. The Kier molecular flexibility index (Phi) is 5.64. The number of rotatable bonds is 5. The smallest absolute Gasteiger partial charge is 0.166 e. The third-order valence-electron chi connectivity index (χ3n) is 2.17. The van der Waals surface area contributed by atoms with E-state index in [1.165, 1.54) is 0 Å². The summed E-state index contributed by atoms with van der Waals surface area (Å²) in [6.45, 7) is 3.69. The van der Waals surface area contributed by atoms with E-state index < -0.39 is 0 Å². The number of nitrogens with one attached hydrogen (secondary N) is 2. The van der Waals surface area contributed by atoms with Gasteiger partial charge in [0.2, 0.25) is 0 Å². The minimum atomic E-state index is 0.680. The van der Waals surface area contributed by atoms with Crippen LogP contribution in [0.2, 0.25) is 0 Å². The number of thiocarbonyl (C=S) groups is 1. The molecular formula is C12H18N2OS. The van der Waals surface area contributed by atoms with Crippen molar-refractivity contribution >= 4 is 17.3 Å². The molecule has 3 nitrogen and oxygen atoms in total. The quantitative estimate of drug-likeness (QED) is 0.769. The van der Waals surface area contributed by atoms with Gasteiger partial charge in [-0.15, -0.1) is 0 Å². The van der Waals surface area contributed by atoms with E-state index in [1.807, 2.05) is 24.3 Å². The summed E-state index contributed by atoms with van der Waals surface area (Å²) in [6.07, 6.45) is 1.07. The van der Waals surface area contributed by atoms with Crippen molar-refractivity contribution in [1.82, 2.24) is 10.6 Å². The van der Waals surface area contributed by atoms with Crippen LogP contribution in [0.1, 0.15) is 18.9 Å². The van der Waals surface area contributed by atoms with Crippen molar-refractivity contribution < 1.29 is 4.74 Å². The zero-order valence-corrected chi connectivity index (χ0v) is 10.6. The first-order valence-electron chi connectivity index (χ1n) is 5.41. The van der Waals surface area contributed by atoms with Gasteiger partial charge < -0.3 is 15.4 Å². The normalized spacial score (nSPS) is 9.62. The van der Waals surface area contributed by atoms with Gasteiger partial charge in [-0.3, -0.25) is 0 Å². The molecule has 88 valence electrons. The van der Waals surface area contributed by atoms with Crippen molar-refractivity contribution in [2.45, 2.75) is 19.9 Å². The van der Waals surface area contributed by atoms with Gasteiger partial charge in [-0.2, -0.15) is 0 Å². The first-order chi connectivity index (χ1) is 7.77. The zero-order chi connectivity index (χ0) is 11.8. The lowest BCUT2D eigenvalue weighted by atomic mass is 10.2. The summed E-state index contributed by atoms with van der Waals surface area (Å²) in [6, 6.07) is 7.91. The third kappa shape index (κ3) is 4.06. The number of para-hydroxylation sites is 1. The molecule has 0 aliphatic rings. The zero-order valence-electron chi connectivity index (χ0n) is 9.75. The summed E-state index contributed by atoms with van der Waals surface area (Å²) in [5.41, 5.74) is 1.10. The van der Waals surface area contributed by atoms with E-state index in [0.717, 1.165) is 24.3 Å². The molecule has 2 N–H and O–H groups in total. The van der Waals surface area contributed by atoms with Crippen LogP contribution < -0.4 is 15.4 Å². The lowest BCUT2D eigenvalue weighted by molar-refractivity contribution is 0.409. The summed E-state index contributed by atoms with van der Waals surface area (Å²) >= 11 is 5.14. The van der Waals surface area contributed by atoms with E-state index in [0.29, 0.717) is 11.7 Å². The number of hydrogen-bond acceptors (Lipinski definition) is 2. The van der Waals surface area contributed by atoms with Crippen molar-refractivity contribution in [1.29, 1.82) is 0 Å². The molecule has 0 aliphatic heterocycles. The highest BCUT2D eigenvalue weighted by Crippen LogP contribution is 2.16. The maximum absolute atomic E-state index is 5.26. The Morgan fingerprint density at radius 3 is 2.75 bits per heavy atom. The van der Waals surface area contributed by atoms with Gasteiger partial charge in [0.05, 0.1) is 7.11 Å². The number of hydrogen-bond donors (Lipinski definition) is 2. The number of methoxy groups -OCH3 is 1. The van der Waals surface area contributed by atoms with Crippen LogP contribution in [0.5, 0.6) is 5.75 Å². The second-order valence-electron chi connectivity index (χ2n) is 3.42. The molecule has 0 unspecified atom stereocenters. The fourth-order valence-corrected chi connectivity index (χ4v) is 1.50. The standard InChI is InChI=1S/C12H18N2OS/c1-3-8-13-12(16)14-9-10-6-4-5-7-11(10)15-2/h4-7H,3,8-9H2,1-2H3,(H2,13,14,16). The van der Waals surface area contributed by atoms with Crippen LogP contribution in [0.25, 0.3) is 0 Å². The fourth-order valence-electron chi connectivity index (χ4n) is 1.33. The van der Waals surface area contributed by atoms with Crippen molar-refractivity contribution in [3.63, 3.8) is 0 Å². The van der Waals surface area contributed by atoms with E-state index in [2.05, 4.69) is 17.6 Å². The average molecular weight is 238 g/mol. The van der Waals surface area contributed by atoms with Gasteiger partial charge in [0.15, 0.2) is 5.11 Å². The summed E-state index contributed by atoms with van der Waals surface area (Å²) in [5.74, 6) is 0.883. The molecule has 4 heteroatoms. The molecule has 0 radical (unpaired) electrons. The van der Waals surface area contributed by atoms with Gasteiger partial charge >= 0.3 is 0 Å². The van der Waals surface area contributed by atoms with Crippen LogP contribution >= 0.6 is 12.2 Å². The van der Waals surface area contributed by atoms with Crippen LogP contribution in [0.4, 0.5) is 0 Å². The van der Waals surface area contributed by atoms with E-state index >= 15 is 0 Å². The highest BCUT2D eigenvalue weighted by molar-refractivity contribution is 7.80. The van der Waals surface area contributed by atoms with E-state index in [-0.39, 0.29) is 0 Å². The molecule has 0 atom stereocenters. The third-order valence-corrected chi connectivity index (χ3v) is 2.46. The predicted molar refractivity (Wildman–Crippen MR) is 70.7 cm³/mol. The Morgan fingerprint density at radius 1 is 1.31 bits per heavy atom. The van der Waals surface area contributed by atoms with Crippen molar-refractivity contribution in [2.24, 2.45) is 0 Å². The predicted octanol–water partition coefficient (Wildman–Crippen LogP) is 2.07. The molecule has 1 rings (SSSR count). The van der Waals surface area contributed by atoms with Crippen LogP contribution in [-0.2, 0) is 6.54 Å². The lowest BCUT2D eigenvalue weighted by Gasteiger charge is -2.11. The molecule has 1 aromatic carbocycles.